The van der Waals surface area contributed by atoms with Gasteiger partial charge in [0.1, 0.15) is 6.54 Å². The summed E-state index contributed by atoms with van der Waals surface area (Å²) < 4.78 is 1.63. The van der Waals surface area contributed by atoms with Gasteiger partial charge in [0.25, 0.3) is 0 Å². The zero-order valence-electron chi connectivity index (χ0n) is 17.1. The van der Waals surface area contributed by atoms with Gasteiger partial charge in [0.05, 0.1) is 5.92 Å². The van der Waals surface area contributed by atoms with Gasteiger partial charge in [-0.1, -0.05) is 30.3 Å². The summed E-state index contributed by atoms with van der Waals surface area (Å²) in [6, 6.07) is 14.4. The molecule has 1 fully saturated rings. The van der Waals surface area contributed by atoms with Gasteiger partial charge in [-0.25, -0.2) is 0 Å². The number of hydrogen-bond donors (Lipinski definition) is 0. The zero-order valence-corrected chi connectivity index (χ0v) is 17.9. The number of rotatable bonds is 6. The standard InChI is InChI=1S/C23H26N4O2S/c1-2-25-12-13-26(22(28)17-27-11-4-10-24-27)16-20(23(25)29)15-18-6-8-19(9-7-18)21-5-3-14-30-21/h3-11,14,20H,2,12-13,15-17H2,1H3/t20-/m0/s1. The molecule has 1 atom stereocenters. The van der Waals surface area contributed by atoms with Crippen LogP contribution in [-0.4, -0.2) is 57.6 Å². The minimum absolute atomic E-state index is 0.00231. The van der Waals surface area contributed by atoms with E-state index in [1.165, 1.54) is 10.4 Å². The van der Waals surface area contributed by atoms with Crippen molar-refractivity contribution in [1.82, 2.24) is 19.6 Å². The van der Waals surface area contributed by atoms with E-state index in [1.54, 1.807) is 34.5 Å². The van der Waals surface area contributed by atoms with Crippen LogP contribution < -0.4 is 0 Å². The number of carbonyl (C=O) groups excluding carboxylic acids is 2. The number of amides is 2. The summed E-state index contributed by atoms with van der Waals surface area (Å²) in [7, 11) is 0. The van der Waals surface area contributed by atoms with Crippen LogP contribution in [0.3, 0.4) is 0 Å². The number of likely N-dealkylation sites (N-methyl/N-ethyl adjacent to an activating group) is 1. The van der Waals surface area contributed by atoms with Crippen molar-refractivity contribution in [2.24, 2.45) is 5.92 Å². The van der Waals surface area contributed by atoms with Gasteiger partial charge >= 0.3 is 0 Å². The molecule has 1 aliphatic rings. The van der Waals surface area contributed by atoms with E-state index >= 15 is 0 Å². The van der Waals surface area contributed by atoms with Gasteiger partial charge in [-0.3, -0.25) is 14.3 Å². The van der Waals surface area contributed by atoms with Crippen molar-refractivity contribution in [3.05, 3.63) is 65.8 Å². The normalized spacial score (nSPS) is 17.2. The maximum Gasteiger partial charge on any atom is 0.244 e. The highest BCUT2D eigenvalue weighted by Crippen LogP contribution is 2.26. The molecule has 30 heavy (non-hydrogen) atoms. The van der Waals surface area contributed by atoms with E-state index in [-0.39, 0.29) is 24.3 Å². The molecular formula is C23H26N4O2S. The minimum atomic E-state index is -0.235. The fourth-order valence-corrected chi connectivity index (χ4v) is 4.64. The Morgan fingerprint density at radius 1 is 1.17 bits per heavy atom. The Labute approximate surface area is 180 Å². The van der Waals surface area contributed by atoms with Crippen molar-refractivity contribution in [3.63, 3.8) is 0 Å². The highest BCUT2D eigenvalue weighted by molar-refractivity contribution is 7.13. The van der Waals surface area contributed by atoms with Crippen molar-refractivity contribution >= 4 is 23.2 Å². The van der Waals surface area contributed by atoms with Crippen LogP contribution in [0.4, 0.5) is 0 Å². The van der Waals surface area contributed by atoms with Crippen molar-refractivity contribution < 1.29 is 9.59 Å². The highest BCUT2D eigenvalue weighted by atomic mass is 32.1. The van der Waals surface area contributed by atoms with E-state index in [0.717, 1.165) is 5.56 Å². The molecule has 2 aromatic heterocycles. The lowest BCUT2D eigenvalue weighted by Crippen LogP contribution is -2.39. The first-order chi connectivity index (χ1) is 14.6. The molecule has 0 saturated carbocycles. The SMILES string of the molecule is CCN1CCN(C(=O)Cn2cccn2)C[C@H](Cc2ccc(-c3cccs3)cc2)C1=O. The first kappa shape index (κ1) is 20.3. The summed E-state index contributed by atoms with van der Waals surface area (Å²) in [6.45, 7) is 4.44. The number of hydrogen-bond acceptors (Lipinski definition) is 4. The summed E-state index contributed by atoms with van der Waals surface area (Å²) in [5.41, 5.74) is 2.30. The second-order valence-electron chi connectivity index (χ2n) is 7.54. The second kappa shape index (κ2) is 9.26. The largest absolute Gasteiger partial charge is 0.341 e. The fraction of sp³-hybridized carbons (Fsp3) is 0.348. The summed E-state index contributed by atoms with van der Waals surface area (Å²) >= 11 is 1.72. The van der Waals surface area contributed by atoms with Crippen LogP contribution in [0.25, 0.3) is 10.4 Å². The number of nitrogens with zero attached hydrogens (tertiary/aromatic N) is 4. The average molecular weight is 423 g/mol. The Kier molecular flexibility index (Phi) is 6.28. The molecule has 0 radical (unpaired) electrons. The quantitative estimate of drug-likeness (QED) is 0.613. The number of carbonyl (C=O) groups is 2. The van der Waals surface area contributed by atoms with Crippen LogP contribution in [0, 0.1) is 5.92 Å². The van der Waals surface area contributed by atoms with Crippen LogP contribution in [0.15, 0.2) is 60.2 Å². The van der Waals surface area contributed by atoms with E-state index in [0.29, 0.717) is 32.6 Å². The summed E-state index contributed by atoms with van der Waals surface area (Å²) in [6.07, 6.45) is 4.08. The molecule has 4 rings (SSSR count). The van der Waals surface area contributed by atoms with E-state index in [9.17, 15) is 9.59 Å². The van der Waals surface area contributed by atoms with Crippen molar-refractivity contribution in [2.75, 3.05) is 26.2 Å². The Morgan fingerprint density at radius 2 is 2.00 bits per heavy atom. The van der Waals surface area contributed by atoms with Crippen LogP contribution >= 0.6 is 11.3 Å². The third-order valence-electron chi connectivity index (χ3n) is 5.57. The first-order valence-electron chi connectivity index (χ1n) is 10.3. The smallest absolute Gasteiger partial charge is 0.244 e. The lowest BCUT2D eigenvalue weighted by molar-refractivity contribution is -0.135. The highest BCUT2D eigenvalue weighted by Gasteiger charge is 2.31. The fourth-order valence-electron chi connectivity index (χ4n) is 3.90. The minimum Gasteiger partial charge on any atom is -0.341 e. The molecule has 7 heteroatoms. The predicted octanol–water partition coefficient (Wildman–Crippen LogP) is 3.16. The summed E-state index contributed by atoms with van der Waals surface area (Å²) in [5.74, 6) is -0.0988. The van der Waals surface area contributed by atoms with E-state index in [2.05, 4.69) is 40.8 Å². The summed E-state index contributed by atoms with van der Waals surface area (Å²) in [5, 5.41) is 6.20. The molecule has 0 unspecified atom stereocenters. The molecule has 3 heterocycles. The number of thiophene rings is 1. The van der Waals surface area contributed by atoms with Gasteiger partial charge in [0.2, 0.25) is 11.8 Å². The van der Waals surface area contributed by atoms with Crippen LogP contribution in [0.2, 0.25) is 0 Å². The van der Waals surface area contributed by atoms with Crippen LogP contribution in [0.5, 0.6) is 0 Å². The molecule has 1 saturated heterocycles. The zero-order chi connectivity index (χ0) is 20.9. The monoisotopic (exact) mass is 422 g/mol. The van der Waals surface area contributed by atoms with Crippen LogP contribution in [-0.2, 0) is 22.6 Å². The molecule has 0 N–H and O–H groups in total. The van der Waals surface area contributed by atoms with Crippen molar-refractivity contribution in [2.45, 2.75) is 19.9 Å². The first-order valence-corrected chi connectivity index (χ1v) is 11.2. The lowest BCUT2D eigenvalue weighted by Gasteiger charge is -2.23. The second-order valence-corrected chi connectivity index (χ2v) is 8.48. The van der Waals surface area contributed by atoms with Crippen LogP contribution in [0.1, 0.15) is 12.5 Å². The molecule has 1 aliphatic heterocycles. The molecule has 0 bridgehead atoms. The van der Waals surface area contributed by atoms with Gasteiger partial charge in [0, 0.05) is 43.4 Å². The third kappa shape index (κ3) is 4.62. The number of aromatic nitrogens is 2. The molecule has 156 valence electrons. The Bertz CT molecular complexity index is 967. The molecular weight excluding hydrogens is 396 g/mol. The van der Waals surface area contributed by atoms with Gasteiger partial charge in [0.15, 0.2) is 0 Å². The molecule has 1 aromatic carbocycles. The lowest BCUT2D eigenvalue weighted by atomic mass is 9.96. The maximum absolute atomic E-state index is 13.1. The molecule has 0 spiro atoms. The van der Waals surface area contributed by atoms with E-state index < -0.39 is 0 Å². The Morgan fingerprint density at radius 3 is 2.67 bits per heavy atom. The van der Waals surface area contributed by atoms with E-state index in [1.807, 2.05) is 22.8 Å². The average Bonchev–Trinajstić information content (AvgIpc) is 3.44. The van der Waals surface area contributed by atoms with Crippen molar-refractivity contribution in [3.8, 4) is 10.4 Å². The molecule has 6 nitrogen and oxygen atoms in total. The predicted molar refractivity (Wildman–Crippen MR) is 118 cm³/mol. The van der Waals surface area contributed by atoms with Crippen molar-refractivity contribution in [1.29, 1.82) is 0 Å². The Balaban J connectivity index is 1.48. The Hall–Kier alpha value is -2.93. The molecule has 3 aromatic rings. The number of benzene rings is 1. The maximum atomic E-state index is 13.1. The van der Waals surface area contributed by atoms with Gasteiger partial charge in [-0.2, -0.15) is 5.10 Å². The molecule has 0 aliphatic carbocycles. The summed E-state index contributed by atoms with van der Waals surface area (Å²) in [4.78, 5) is 30.8. The van der Waals surface area contributed by atoms with Gasteiger partial charge in [-0.15, -0.1) is 11.3 Å². The topological polar surface area (TPSA) is 58.4 Å². The molecule has 2 amide bonds. The third-order valence-corrected chi connectivity index (χ3v) is 6.49. The van der Waals surface area contributed by atoms with Gasteiger partial charge < -0.3 is 9.80 Å². The van der Waals surface area contributed by atoms with E-state index in [4.69, 9.17) is 0 Å². The van der Waals surface area contributed by atoms with Gasteiger partial charge in [-0.05, 0) is 42.0 Å².